The number of halogens is 3. The van der Waals surface area contributed by atoms with Crippen molar-refractivity contribution in [2.75, 3.05) is 6.54 Å². The van der Waals surface area contributed by atoms with E-state index in [9.17, 15) is 13.2 Å². The summed E-state index contributed by atoms with van der Waals surface area (Å²) in [5, 5.41) is 3.09. The van der Waals surface area contributed by atoms with Gasteiger partial charge in [0, 0.05) is 6.54 Å². The van der Waals surface area contributed by atoms with Gasteiger partial charge in [0.1, 0.15) is 0 Å². The van der Waals surface area contributed by atoms with Crippen LogP contribution in [0.1, 0.15) is 22.3 Å². The second-order valence-corrected chi connectivity index (χ2v) is 5.01. The molecule has 0 amide bonds. The Kier molecular flexibility index (Phi) is 5.02. The van der Waals surface area contributed by atoms with Crippen molar-refractivity contribution in [3.05, 3.63) is 70.8 Å². The highest BCUT2D eigenvalue weighted by atomic mass is 19.4. The largest absolute Gasteiger partial charge is 0.416 e. The third kappa shape index (κ3) is 4.33. The van der Waals surface area contributed by atoms with Gasteiger partial charge < -0.3 is 5.32 Å². The van der Waals surface area contributed by atoms with Crippen molar-refractivity contribution < 1.29 is 13.2 Å². The first-order valence-electron chi connectivity index (χ1n) is 6.89. The molecule has 112 valence electrons. The molecule has 0 spiro atoms. The molecule has 2 rings (SSSR count). The highest BCUT2D eigenvalue weighted by Gasteiger charge is 2.32. The van der Waals surface area contributed by atoms with E-state index < -0.39 is 11.7 Å². The quantitative estimate of drug-likeness (QED) is 0.808. The zero-order valence-electron chi connectivity index (χ0n) is 11.9. The molecule has 0 aliphatic rings. The first kappa shape index (κ1) is 15.6. The van der Waals surface area contributed by atoms with Gasteiger partial charge >= 0.3 is 6.18 Å². The zero-order valence-corrected chi connectivity index (χ0v) is 11.9. The third-order valence-corrected chi connectivity index (χ3v) is 3.47. The maximum absolute atomic E-state index is 12.8. The topological polar surface area (TPSA) is 12.0 Å². The lowest BCUT2D eigenvalue weighted by Crippen LogP contribution is -2.20. The van der Waals surface area contributed by atoms with Crippen LogP contribution in [0.25, 0.3) is 0 Å². The van der Waals surface area contributed by atoms with Crippen molar-refractivity contribution in [2.45, 2.75) is 26.1 Å². The number of rotatable bonds is 5. The van der Waals surface area contributed by atoms with E-state index in [1.165, 1.54) is 23.3 Å². The molecule has 0 saturated carbocycles. The molecule has 2 aromatic carbocycles. The average molecular weight is 293 g/mol. The van der Waals surface area contributed by atoms with Gasteiger partial charge in [-0.15, -0.1) is 0 Å². The molecule has 0 fully saturated rings. The van der Waals surface area contributed by atoms with E-state index in [0.29, 0.717) is 6.54 Å². The predicted octanol–water partition coefficient (Wildman–Crippen LogP) is 4.35. The van der Waals surface area contributed by atoms with E-state index in [1.807, 2.05) is 31.2 Å². The molecule has 0 atom stereocenters. The van der Waals surface area contributed by atoms with Crippen LogP contribution in [0.2, 0.25) is 0 Å². The van der Waals surface area contributed by atoms with Crippen LogP contribution in [0, 0.1) is 6.92 Å². The monoisotopic (exact) mass is 293 g/mol. The van der Waals surface area contributed by atoms with E-state index in [4.69, 9.17) is 0 Å². The fourth-order valence-electron chi connectivity index (χ4n) is 2.29. The van der Waals surface area contributed by atoms with Gasteiger partial charge in [-0.1, -0.05) is 42.5 Å². The van der Waals surface area contributed by atoms with Gasteiger partial charge in [-0.2, -0.15) is 13.2 Å². The summed E-state index contributed by atoms with van der Waals surface area (Å²) >= 11 is 0. The van der Waals surface area contributed by atoms with Gasteiger partial charge in [-0.3, -0.25) is 0 Å². The van der Waals surface area contributed by atoms with Gasteiger partial charge in [0.25, 0.3) is 0 Å². The molecule has 0 unspecified atom stereocenters. The first-order chi connectivity index (χ1) is 9.98. The van der Waals surface area contributed by atoms with Gasteiger partial charge in [0.2, 0.25) is 0 Å². The summed E-state index contributed by atoms with van der Waals surface area (Å²) in [6.07, 6.45) is -3.49. The second-order valence-electron chi connectivity index (χ2n) is 5.01. The molecule has 0 bridgehead atoms. The van der Waals surface area contributed by atoms with Crippen molar-refractivity contribution in [2.24, 2.45) is 0 Å². The number of benzene rings is 2. The molecule has 0 aliphatic carbocycles. The summed E-state index contributed by atoms with van der Waals surface area (Å²) < 4.78 is 38.5. The Labute approximate surface area is 122 Å². The van der Waals surface area contributed by atoms with Crippen LogP contribution in [0.15, 0.2) is 48.5 Å². The molecule has 0 radical (unpaired) electrons. The first-order valence-corrected chi connectivity index (χ1v) is 6.89. The number of alkyl halides is 3. The van der Waals surface area contributed by atoms with Crippen molar-refractivity contribution in [1.29, 1.82) is 0 Å². The lowest BCUT2D eigenvalue weighted by atomic mass is 10.1. The van der Waals surface area contributed by atoms with E-state index in [0.717, 1.165) is 12.5 Å². The Morgan fingerprint density at radius 1 is 0.905 bits per heavy atom. The van der Waals surface area contributed by atoms with Crippen LogP contribution in [-0.2, 0) is 19.1 Å². The van der Waals surface area contributed by atoms with Gasteiger partial charge in [-0.05, 0) is 42.6 Å². The molecule has 0 aliphatic heterocycles. The fraction of sp³-hybridized carbons (Fsp3) is 0.294. The SMILES string of the molecule is Cc1ccccc1CCNCc1ccccc1C(F)(F)F. The maximum Gasteiger partial charge on any atom is 0.416 e. The minimum Gasteiger partial charge on any atom is -0.312 e. The molecular formula is C17H18F3N. The van der Waals surface area contributed by atoms with E-state index in [1.54, 1.807) is 6.07 Å². The Balaban J connectivity index is 1.91. The summed E-state index contributed by atoms with van der Waals surface area (Å²) in [5.41, 5.74) is 2.15. The van der Waals surface area contributed by atoms with Gasteiger partial charge in [-0.25, -0.2) is 0 Å². The van der Waals surface area contributed by atoms with Crippen LogP contribution in [0.3, 0.4) is 0 Å². The predicted molar refractivity (Wildman–Crippen MR) is 78.0 cm³/mol. The van der Waals surface area contributed by atoms with Crippen LogP contribution in [0.5, 0.6) is 0 Å². The minimum absolute atomic E-state index is 0.224. The number of hydrogen-bond donors (Lipinski definition) is 1. The Morgan fingerprint density at radius 2 is 1.52 bits per heavy atom. The molecule has 2 aromatic rings. The van der Waals surface area contributed by atoms with E-state index in [2.05, 4.69) is 5.32 Å². The van der Waals surface area contributed by atoms with Gasteiger partial charge in [0.15, 0.2) is 0 Å². The summed E-state index contributed by atoms with van der Waals surface area (Å²) in [5.74, 6) is 0. The van der Waals surface area contributed by atoms with Crippen LogP contribution >= 0.6 is 0 Å². The number of aryl methyl sites for hydroxylation is 1. The molecule has 1 nitrogen and oxygen atoms in total. The molecular weight excluding hydrogens is 275 g/mol. The zero-order chi connectivity index (χ0) is 15.3. The summed E-state index contributed by atoms with van der Waals surface area (Å²) in [6.45, 7) is 2.91. The smallest absolute Gasteiger partial charge is 0.312 e. The number of hydrogen-bond acceptors (Lipinski definition) is 1. The van der Waals surface area contributed by atoms with Crippen molar-refractivity contribution >= 4 is 0 Å². The minimum atomic E-state index is -4.30. The number of nitrogens with one attached hydrogen (secondary N) is 1. The Morgan fingerprint density at radius 3 is 2.19 bits per heavy atom. The summed E-state index contributed by atoms with van der Waals surface area (Å²) in [4.78, 5) is 0. The van der Waals surface area contributed by atoms with Crippen LogP contribution in [-0.4, -0.2) is 6.54 Å². The Hall–Kier alpha value is -1.81. The van der Waals surface area contributed by atoms with Crippen LogP contribution in [0.4, 0.5) is 13.2 Å². The molecule has 4 heteroatoms. The van der Waals surface area contributed by atoms with Crippen molar-refractivity contribution in [3.63, 3.8) is 0 Å². The third-order valence-electron chi connectivity index (χ3n) is 3.47. The molecule has 0 aromatic heterocycles. The standard InChI is InChI=1S/C17H18F3N/c1-13-6-2-3-7-14(13)10-11-21-12-15-8-4-5-9-16(15)17(18,19)20/h2-9,21H,10-12H2,1H3. The highest BCUT2D eigenvalue weighted by molar-refractivity contribution is 5.29. The van der Waals surface area contributed by atoms with Crippen LogP contribution < -0.4 is 5.32 Å². The molecule has 21 heavy (non-hydrogen) atoms. The van der Waals surface area contributed by atoms with Gasteiger partial charge in [0.05, 0.1) is 5.56 Å². The lowest BCUT2D eigenvalue weighted by Gasteiger charge is -2.13. The average Bonchev–Trinajstić information content (AvgIpc) is 2.45. The maximum atomic E-state index is 12.8. The normalized spacial score (nSPS) is 11.6. The fourth-order valence-corrected chi connectivity index (χ4v) is 2.29. The highest BCUT2D eigenvalue weighted by Crippen LogP contribution is 2.31. The molecule has 0 heterocycles. The second kappa shape index (κ2) is 6.76. The van der Waals surface area contributed by atoms with E-state index >= 15 is 0 Å². The van der Waals surface area contributed by atoms with E-state index in [-0.39, 0.29) is 12.1 Å². The Bertz CT molecular complexity index is 591. The molecule has 0 saturated heterocycles. The summed E-state index contributed by atoms with van der Waals surface area (Å²) in [6, 6.07) is 13.7. The van der Waals surface area contributed by atoms with Crippen molar-refractivity contribution in [1.82, 2.24) is 5.32 Å². The lowest BCUT2D eigenvalue weighted by molar-refractivity contribution is -0.138. The molecule has 1 N–H and O–H groups in total. The summed E-state index contributed by atoms with van der Waals surface area (Å²) in [7, 11) is 0. The van der Waals surface area contributed by atoms with Crippen molar-refractivity contribution in [3.8, 4) is 0 Å².